The molecule has 2 aliphatic heterocycles. The van der Waals surface area contributed by atoms with Crippen LogP contribution in [-0.4, -0.2) is 27.9 Å². The van der Waals surface area contributed by atoms with Crippen LogP contribution in [0.5, 0.6) is 0 Å². The van der Waals surface area contributed by atoms with Gasteiger partial charge >= 0.3 is 0 Å². The average molecular weight is 314 g/mol. The predicted octanol–water partition coefficient (Wildman–Crippen LogP) is 2.60. The highest BCUT2D eigenvalue weighted by molar-refractivity contribution is 6.11. The smallest absolute Gasteiger partial charge is 0.263 e. The van der Waals surface area contributed by atoms with Crippen molar-refractivity contribution in [2.75, 3.05) is 6.54 Å². The lowest BCUT2D eigenvalue weighted by Gasteiger charge is -2.32. The van der Waals surface area contributed by atoms with Crippen molar-refractivity contribution in [1.29, 1.82) is 0 Å². The number of rotatable bonds is 1. The van der Waals surface area contributed by atoms with Crippen LogP contribution in [0, 0.1) is 0 Å². The molecule has 0 fully saturated rings. The largest absolute Gasteiger partial charge is 0.304 e. The highest BCUT2D eigenvalue weighted by Gasteiger charge is 2.29. The van der Waals surface area contributed by atoms with E-state index in [2.05, 4.69) is 45.3 Å². The zero-order valence-electron chi connectivity index (χ0n) is 12.8. The Labute approximate surface area is 138 Å². The molecular weight excluding hydrogens is 300 g/mol. The Morgan fingerprint density at radius 1 is 1.00 bits per heavy atom. The summed E-state index contributed by atoms with van der Waals surface area (Å²) in [5.41, 5.74) is 7.29. The topological polar surface area (TPSA) is 49.6 Å². The lowest BCUT2D eigenvalue weighted by molar-refractivity contribution is -0.118. The number of carbonyl (C=O) groups is 1. The summed E-state index contributed by atoms with van der Waals surface area (Å²) in [6.07, 6.45) is 2.00. The molecule has 1 amide bonds. The van der Waals surface area contributed by atoms with Gasteiger partial charge in [0.1, 0.15) is 0 Å². The van der Waals surface area contributed by atoms with E-state index in [4.69, 9.17) is 0 Å². The second-order valence-corrected chi connectivity index (χ2v) is 5.84. The molecule has 2 aliphatic rings. The van der Waals surface area contributed by atoms with Crippen molar-refractivity contribution in [3.63, 3.8) is 0 Å². The third-order valence-electron chi connectivity index (χ3n) is 4.36. The fourth-order valence-corrected chi connectivity index (χ4v) is 3.30. The number of para-hydroxylation sites is 1. The Hall–Kier alpha value is -3.18. The van der Waals surface area contributed by atoms with Gasteiger partial charge in [0.05, 0.1) is 23.5 Å². The van der Waals surface area contributed by atoms with Crippen molar-refractivity contribution in [1.82, 2.24) is 15.0 Å². The first-order valence-electron chi connectivity index (χ1n) is 7.84. The highest BCUT2D eigenvalue weighted by Crippen LogP contribution is 2.32. The zero-order chi connectivity index (χ0) is 16.1. The fourth-order valence-electron chi connectivity index (χ4n) is 3.30. The van der Waals surface area contributed by atoms with E-state index < -0.39 is 0 Å². The summed E-state index contributed by atoms with van der Waals surface area (Å²) >= 11 is 0. The number of nitrogens with one attached hydrogen (secondary N) is 1. The minimum atomic E-state index is -0.158. The molecule has 116 valence electrons. The number of carbonyl (C=O) groups excluding carboxylic acids is 1. The van der Waals surface area contributed by atoms with Crippen molar-refractivity contribution in [3.8, 4) is 0 Å². The molecule has 0 spiro atoms. The first-order valence-corrected chi connectivity index (χ1v) is 7.84. The first kappa shape index (κ1) is 13.3. The number of benzene rings is 2. The summed E-state index contributed by atoms with van der Waals surface area (Å²) in [4.78, 5) is 16.0. The van der Waals surface area contributed by atoms with E-state index in [9.17, 15) is 4.79 Å². The summed E-state index contributed by atoms with van der Waals surface area (Å²) in [6, 6.07) is 20.5. The van der Waals surface area contributed by atoms with Crippen LogP contribution in [0.1, 0.15) is 11.3 Å². The molecule has 5 nitrogen and oxygen atoms in total. The second-order valence-electron chi connectivity index (χ2n) is 5.84. The van der Waals surface area contributed by atoms with E-state index in [0.29, 0.717) is 5.84 Å². The minimum absolute atomic E-state index is 0.158. The molecular formula is C19H14N4O. The SMILES string of the molecule is O=C1CNN2C=C(c3ccccc3)n3c(cc4ccccc43)C2=N1. The summed E-state index contributed by atoms with van der Waals surface area (Å²) in [5, 5.41) is 2.97. The van der Waals surface area contributed by atoms with Gasteiger partial charge in [-0.2, -0.15) is 4.99 Å². The van der Waals surface area contributed by atoms with Crippen LogP contribution < -0.4 is 5.43 Å². The van der Waals surface area contributed by atoms with E-state index in [1.165, 1.54) is 0 Å². The Morgan fingerprint density at radius 3 is 2.67 bits per heavy atom. The molecule has 0 unspecified atom stereocenters. The van der Waals surface area contributed by atoms with Gasteiger partial charge in [-0.25, -0.2) is 5.43 Å². The number of amidine groups is 1. The molecule has 5 heteroatoms. The van der Waals surface area contributed by atoms with E-state index in [1.807, 2.05) is 41.5 Å². The third kappa shape index (κ3) is 1.85. The minimum Gasteiger partial charge on any atom is -0.304 e. The number of hydrogen-bond donors (Lipinski definition) is 1. The van der Waals surface area contributed by atoms with Crippen LogP contribution in [0.4, 0.5) is 0 Å². The Balaban J connectivity index is 1.85. The normalized spacial score (nSPS) is 16.5. The van der Waals surface area contributed by atoms with Crippen LogP contribution in [0.25, 0.3) is 16.6 Å². The van der Waals surface area contributed by atoms with Gasteiger partial charge in [0.25, 0.3) is 5.91 Å². The Bertz CT molecular complexity index is 1030. The molecule has 0 radical (unpaired) electrons. The summed E-state index contributed by atoms with van der Waals surface area (Å²) in [6.45, 7) is 0.211. The van der Waals surface area contributed by atoms with E-state index in [1.54, 1.807) is 0 Å². The summed E-state index contributed by atoms with van der Waals surface area (Å²) in [5.74, 6) is 0.483. The number of amides is 1. The van der Waals surface area contributed by atoms with Gasteiger partial charge in [0.2, 0.25) is 0 Å². The van der Waals surface area contributed by atoms with E-state index in [-0.39, 0.29) is 12.5 Å². The van der Waals surface area contributed by atoms with Crippen LogP contribution >= 0.6 is 0 Å². The molecule has 3 aromatic rings. The maximum Gasteiger partial charge on any atom is 0.263 e. The molecule has 0 aliphatic carbocycles. The summed E-state index contributed by atoms with van der Waals surface area (Å²) in [7, 11) is 0. The number of hydrogen-bond acceptors (Lipinski definition) is 3. The van der Waals surface area contributed by atoms with Crippen LogP contribution in [0.15, 0.2) is 71.9 Å². The number of nitrogens with zero attached hydrogens (tertiary/aromatic N) is 3. The van der Waals surface area contributed by atoms with Crippen molar-refractivity contribution >= 4 is 28.3 Å². The molecule has 0 saturated carbocycles. The molecule has 2 aromatic carbocycles. The lowest BCUT2D eigenvalue weighted by atomic mass is 10.1. The van der Waals surface area contributed by atoms with Crippen LogP contribution in [-0.2, 0) is 4.79 Å². The molecule has 3 heterocycles. The standard InChI is InChI=1S/C19H14N4O/c24-18-11-20-22-12-17(13-6-2-1-3-7-13)23-15-9-5-4-8-14(15)10-16(23)19(22)21-18/h1-10,12,20H,11H2. The third-order valence-corrected chi connectivity index (χ3v) is 4.36. The maximum atomic E-state index is 11.8. The first-order chi connectivity index (χ1) is 11.8. The molecule has 0 atom stereocenters. The van der Waals surface area contributed by atoms with Crippen molar-refractivity contribution < 1.29 is 4.79 Å². The average Bonchev–Trinajstić information content (AvgIpc) is 3.02. The van der Waals surface area contributed by atoms with Crippen molar-refractivity contribution in [2.45, 2.75) is 0 Å². The monoisotopic (exact) mass is 314 g/mol. The molecule has 5 rings (SSSR count). The Morgan fingerprint density at radius 2 is 1.79 bits per heavy atom. The molecule has 0 bridgehead atoms. The Kier molecular flexibility index (Phi) is 2.72. The van der Waals surface area contributed by atoms with Gasteiger partial charge in [-0.1, -0.05) is 48.5 Å². The number of fused-ring (bicyclic) bond motifs is 5. The van der Waals surface area contributed by atoms with Crippen LogP contribution in [0.2, 0.25) is 0 Å². The lowest BCUT2D eigenvalue weighted by Crippen LogP contribution is -2.48. The van der Waals surface area contributed by atoms with E-state index >= 15 is 0 Å². The van der Waals surface area contributed by atoms with Crippen molar-refractivity contribution in [2.24, 2.45) is 4.99 Å². The zero-order valence-corrected chi connectivity index (χ0v) is 12.8. The molecule has 1 aromatic heterocycles. The van der Waals surface area contributed by atoms with Gasteiger partial charge in [0.15, 0.2) is 5.84 Å². The second kappa shape index (κ2) is 4.91. The number of aromatic nitrogens is 1. The fraction of sp³-hybridized carbons (Fsp3) is 0.0526. The molecule has 24 heavy (non-hydrogen) atoms. The van der Waals surface area contributed by atoms with Gasteiger partial charge in [-0.15, -0.1) is 0 Å². The number of hydrazine groups is 1. The molecule has 0 saturated heterocycles. The predicted molar refractivity (Wildman–Crippen MR) is 93.1 cm³/mol. The van der Waals surface area contributed by atoms with Crippen LogP contribution in [0.3, 0.4) is 0 Å². The summed E-state index contributed by atoms with van der Waals surface area (Å²) < 4.78 is 2.17. The molecule has 1 N–H and O–H groups in total. The number of aliphatic imine (C=N–C) groups is 1. The van der Waals surface area contributed by atoms with Gasteiger partial charge in [0, 0.05) is 17.1 Å². The van der Waals surface area contributed by atoms with Gasteiger partial charge < -0.3 is 4.57 Å². The van der Waals surface area contributed by atoms with Crippen molar-refractivity contribution in [3.05, 3.63) is 78.1 Å². The van der Waals surface area contributed by atoms with Gasteiger partial charge in [-0.05, 0) is 12.1 Å². The highest BCUT2D eigenvalue weighted by atomic mass is 16.2. The van der Waals surface area contributed by atoms with Gasteiger partial charge in [-0.3, -0.25) is 9.80 Å². The maximum absolute atomic E-state index is 11.8. The van der Waals surface area contributed by atoms with E-state index in [0.717, 1.165) is 27.9 Å². The quantitative estimate of drug-likeness (QED) is 0.751.